The summed E-state index contributed by atoms with van der Waals surface area (Å²) in [5.41, 5.74) is 0.0834. The van der Waals surface area contributed by atoms with Crippen molar-refractivity contribution in [2.45, 2.75) is 39.0 Å². The molecule has 0 spiro atoms. The van der Waals surface area contributed by atoms with Crippen molar-refractivity contribution in [3.8, 4) is 0 Å². The first kappa shape index (κ1) is 10.3. The molecule has 2 heteroatoms. The van der Waals surface area contributed by atoms with Gasteiger partial charge in [-0.1, -0.05) is 19.4 Å². The Morgan fingerprint density at radius 3 is 2.54 bits per heavy atom. The summed E-state index contributed by atoms with van der Waals surface area (Å²) < 4.78 is 0. The first-order valence-corrected chi connectivity index (χ1v) is 5.00. The van der Waals surface area contributed by atoms with Crippen LogP contribution in [0, 0.1) is 11.3 Å². The van der Waals surface area contributed by atoms with Crippen LogP contribution in [0.5, 0.6) is 0 Å². The predicted octanol–water partition coefficient (Wildman–Crippen LogP) is 2.84. The van der Waals surface area contributed by atoms with E-state index >= 15 is 0 Å². The van der Waals surface area contributed by atoms with Gasteiger partial charge >= 0.3 is 5.97 Å². The Kier molecular flexibility index (Phi) is 3.12. The zero-order valence-corrected chi connectivity index (χ0v) is 8.25. The van der Waals surface area contributed by atoms with Crippen LogP contribution in [0.15, 0.2) is 12.7 Å². The van der Waals surface area contributed by atoms with Gasteiger partial charge in [-0.3, -0.25) is 4.79 Å². The lowest BCUT2D eigenvalue weighted by Gasteiger charge is -2.45. The van der Waals surface area contributed by atoms with Crippen molar-refractivity contribution in [1.29, 1.82) is 0 Å². The second-order valence-electron chi connectivity index (χ2n) is 3.98. The normalized spacial score (nSPS) is 21.6. The highest BCUT2D eigenvalue weighted by atomic mass is 16.4. The second kappa shape index (κ2) is 3.95. The van der Waals surface area contributed by atoms with Crippen molar-refractivity contribution < 1.29 is 9.90 Å². The molecule has 1 aliphatic carbocycles. The average Bonchev–Trinajstić information content (AvgIpc) is 2.01. The van der Waals surface area contributed by atoms with Gasteiger partial charge in [-0.2, -0.15) is 0 Å². The zero-order valence-electron chi connectivity index (χ0n) is 8.25. The van der Waals surface area contributed by atoms with Crippen LogP contribution >= 0.6 is 0 Å². The molecule has 0 aromatic rings. The molecule has 1 N–H and O–H groups in total. The summed E-state index contributed by atoms with van der Waals surface area (Å²) in [7, 11) is 0. The number of carboxylic acids is 1. The van der Waals surface area contributed by atoms with Crippen molar-refractivity contribution in [3.05, 3.63) is 12.7 Å². The monoisotopic (exact) mass is 182 g/mol. The number of aliphatic carboxylic acids is 1. The van der Waals surface area contributed by atoms with Gasteiger partial charge < -0.3 is 5.11 Å². The summed E-state index contributed by atoms with van der Waals surface area (Å²) in [6.07, 6.45) is 6.67. The van der Waals surface area contributed by atoms with Crippen LogP contribution in [0.25, 0.3) is 0 Å². The van der Waals surface area contributed by atoms with Gasteiger partial charge in [0, 0.05) is 0 Å². The van der Waals surface area contributed by atoms with Crippen molar-refractivity contribution in [1.82, 2.24) is 0 Å². The van der Waals surface area contributed by atoms with E-state index in [9.17, 15) is 4.79 Å². The Hall–Kier alpha value is -0.790. The number of rotatable bonds is 5. The summed E-state index contributed by atoms with van der Waals surface area (Å²) in [6, 6.07) is 0. The Labute approximate surface area is 79.6 Å². The highest BCUT2D eigenvalue weighted by Gasteiger charge is 2.45. The summed E-state index contributed by atoms with van der Waals surface area (Å²) in [4.78, 5) is 11.0. The Morgan fingerprint density at radius 1 is 1.69 bits per heavy atom. The number of hydrogen-bond donors (Lipinski definition) is 1. The molecule has 0 amide bonds. The molecule has 0 aliphatic heterocycles. The van der Waals surface area contributed by atoms with Crippen molar-refractivity contribution in [3.63, 3.8) is 0 Å². The van der Waals surface area contributed by atoms with Crippen molar-refractivity contribution >= 4 is 5.97 Å². The molecule has 0 radical (unpaired) electrons. The topological polar surface area (TPSA) is 37.3 Å². The maximum Gasteiger partial charge on any atom is 0.307 e. The minimum Gasteiger partial charge on any atom is -0.481 e. The standard InChI is InChI=1S/C11H18O2/c1-3-6-9(10(12)13)11(4-2)7-5-8-11/h3,9H,1,4-8H2,2H3,(H,12,13). The number of hydrogen-bond acceptors (Lipinski definition) is 1. The first-order chi connectivity index (χ1) is 6.16. The van der Waals surface area contributed by atoms with E-state index in [-0.39, 0.29) is 11.3 Å². The summed E-state index contributed by atoms with van der Waals surface area (Å²) >= 11 is 0. The van der Waals surface area contributed by atoms with Crippen LogP contribution in [0.4, 0.5) is 0 Å². The summed E-state index contributed by atoms with van der Waals surface area (Å²) in [5.74, 6) is -0.856. The number of carboxylic acid groups (broad SMARTS) is 1. The summed E-state index contributed by atoms with van der Waals surface area (Å²) in [5, 5.41) is 9.09. The maximum absolute atomic E-state index is 11.0. The van der Waals surface area contributed by atoms with Crippen LogP contribution in [0.1, 0.15) is 39.0 Å². The van der Waals surface area contributed by atoms with Crippen LogP contribution in [0.3, 0.4) is 0 Å². The van der Waals surface area contributed by atoms with Gasteiger partial charge in [0.1, 0.15) is 0 Å². The maximum atomic E-state index is 11.0. The van der Waals surface area contributed by atoms with E-state index in [0.29, 0.717) is 6.42 Å². The SMILES string of the molecule is C=CCC(C(=O)O)C1(CC)CCC1. The van der Waals surface area contributed by atoms with E-state index in [0.717, 1.165) is 19.3 Å². The highest BCUT2D eigenvalue weighted by Crippen LogP contribution is 2.51. The number of carbonyl (C=O) groups is 1. The van der Waals surface area contributed by atoms with Crippen molar-refractivity contribution in [2.24, 2.45) is 11.3 Å². The van der Waals surface area contributed by atoms with Crippen LogP contribution < -0.4 is 0 Å². The molecule has 0 aromatic carbocycles. The Bertz CT molecular complexity index is 199. The fraction of sp³-hybridized carbons (Fsp3) is 0.727. The van der Waals surface area contributed by atoms with Gasteiger partial charge in [0.2, 0.25) is 0 Å². The molecule has 2 nitrogen and oxygen atoms in total. The van der Waals surface area contributed by atoms with E-state index in [1.807, 2.05) is 0 Å². The van der Waals surface area contributed by atoms with E-state index in [1.54, 1.807) is 6.08 Å². The molecule has 1 rings (SSSR count). The molecule has 74 valence electrons. The van der Waals surface area contributed by atoms with Gasteiger partial charge in [-0.15, -0.1) is 6.58 Å². The van der Waals surface area contributed by atoms with E-state index in [1.165, 1.54) is 6.42 Å². The van der Waals surface area contributed by atoms with Gasteiger partial charge in [0.15, 0.2) is 0 Å². The third-order valence-corrected chi connectivity index (χ3v) is 3.49. The molecule has 1 fully saturated rings. The zero-order chi connectivity index (χ0) is 9.90. The number of allylic oxidation sites excluding steroid dienone is 1. The van der Waals surface area contributed by atoms with Crippen LogP contribution in [-0.4, -0.2) is 11.1 Å². The van der Waals surface area contributed by atoms with Crippen LogP contribution in [0.2, 0.25) is 0 Å². The predicted molar refractivity (Wildman–Crippen MR) is 52.5 cm³/mol. The smallest absolute Gasteiger partial charge is 0.307 e. The fourth-order valence-corrected chi connectivity index (χ4v) is 2.36. The van der Waals surface area contributed by atoms with E-state index < -0.39 is 5.97 Å². The van der Waals surface area contributed by atoms with Crippen LogP contribution in [-0.2, 0) is 4.79 Å². The lowest BCUT2D eigenvalue weighted by molar-refractivity contribution is -0.150. The van der Waals surface area contributed by atoms with Gasteiger partial charge in [-0.05, 0) is 31.1 Å². The first-order valence-electron chi connectivity index (χ1n) is 5.00. The van der Waals surface area contributed by atoms with Gasteiger partial charge in [0.25, 0.3) is 0 Å². The van der Waals surface area contributed by atoms with E-state index in [2.05, 4.69) is 13.5 Å². The summed E-state index contributed by atoms with van der Waals surface area (Å²) in [6.45, 7) is 5.72. The van der Waals surface area contributed by atoms with Gasteiger partial charge in [-0.25, -0.2) is 0 Å². The third kappa shape index (κ3) is 1.77. The molecular weight excluding hydrogens is 164 g/mol. The molecule has 0 bridgehead atoms. The lowest BCUT2D eigenvalue weighted by atomic mass is 9.59. The fourth-order valence-electron chi connectivity index (χ4n) is 2.36. The molecule has 1 unspecified atom stereocenters. The molecular formula is C11H18O2. The Balaban J connectivity index is 2.71. The molecule has 1 saturated carbocycles. The minimum absolute atomic E-state index is 0.0834. The largest absolute Gasteiger partial charge is 0.481 e. The Morgan fingerprint density at radius 2 is 2.31 bits per heavy atom. The second-order valence-corrected chi connectivity index (χ2v) is 3.98. The quantitative estimate of drug-likeness (QED) is 0.664. The minimum atomic E-state index is -0.651. The molecule has 13 heavy (non-hydrogen) atoms. The van der Waals surface area contributed by atoms with E-state index in [4.69, 9.17) is 5.11 Å². The lowest BCUT2D eigenvalue weighted by Crippen LogP contribution is -2.40. The molecule has 0 heterocycles. The highest BCUT2D eigenvalue weighted by molar-refractivity contribution is 5.71. The average molecular weight is 182 g/mol. The van der Waals surface area contributed by atoms with Gasteiger partial charge in [0.05, 0.1) is 5.92 Å². The molecule has 1 aliphatic rings. The third-order valence-electron chi connectivity index (χ3n) is 3.49. The molecule has 0 saturated heterocycles. The molecule has 0 aromatic heterocycles. The molecule has 1 atom stereocenters. The van der Waals surface area contributed by atoms with Crippen molar-refractivity contribution in [2.75, 3.05) is 0 Å².